The molecule has 0 aliphatic heterocycles. The molecule has 136 valence electrons. The van der Waals surface area contributed by atoms with Crippen LogP contribution in [-0.4, -0.2) is 42.6 Å². The Hall–Kier alpha value is -2.37. The zero-order chi connectivity index (χ0) is 18.8. The predicted molar refractivity (Wildman–Crippen MR) is 104 cm³/mol. The molecule has 1 aromatic heterocycles. The summed E-state index contributed by atoms with van der Waals surface area (Å²) in [6.45, 7) is 1.22. The van der Waals surface area contributed by atoms with E-state index in [0.717, 1.165) is 17.4 Å². The Kier molecular flexibility index (Phi) is 5.30. The first-order valence-electron chi connectivity index (χ1n) is 8.36. The van der Waals surface area contributed by atoms with Crippen molar-refractivity contribution in [1.82, 2.24) is 14.8 Å². The van der Waals surface area contributed by atoms with E-state index in [1.165, 1.54) is 6.07 Å². The second kappa shape index (κ2) is 7.48. The van der Waals surface area contributed by atoms with Gasteiger partial charge in [0.05, 0.1) is 0 Å². The molecule has 4 nitrogen and oxygen atoms in total. The number of nitrogens with one attached hydrogen (secondary N) is 1. The van der Waals surface area contributed by atoms with Gasteiger partial charge < -0.3 is 14.8 Å². The molecule has 26 heavy (non-hydrogen) atoms. The zero-order valence-corrected chi connectivity index (χ0v) is 15.8. The molecule has 2 aromatic carbocycles. The van der Waals surface area contributed by atoms with Gasteiger partial charge in [0.25, 0.3) is 5.91 Å². The lowest BCUT2D eigenvalue weighted by Crippen LogP contribution is -2.32. The Morgan fingerprint density at radius 1 is 1.23 bits per heavy atom. The van der Waals surface area contributed by atoms with Crippen LogP contribution in [0, 0.1) is 5.82 Å². The molecule has 1 N–H and O–H groups in total. The van der Waals surface area contributed by atoms with Gasteiger partial charge in [-0.2, -0.15) is 0 Å². The summed E-state index contributed by atoms with van der Waals surface area (Å²) in [7, 11) is 5.69. The van der Waals surface area contributed by atoms with Gasteiger partial charge in [0.1, 0.15) is 11.5 Å². The first-order valence-corrected chi connectivity index (χ1v) is 8.73. The van der Waals surface area contributed by atoms with Crippen molar-refractivity contribution in [2.45, 2.75) is 0 Å². The highest BCUT2D eigenvalue weighted by Gasteiger charge is 2.24. The van der Waals surface area contributed by atoms with Crippen LogP contribution < -0.4 is 5.32 Å². The Balaban J connectivity index is 2.18. The standard InChI is InChI=1S/C20H21ClFN3O/c1-24(2)11-10-23-20(26)19-18(14-6-4-5-7-16(14)22)15-12-13(21)8-9-17(15)25(19)3/h4-9,12H,10-11H2,1-3H3,(H,23,26). The van der Waals surface area contributed by atoms with Crippen molar-refractivity contribution in [2.24, 2.45) is 7.05 Å². The largest absolute Gasteiger partial charge is 0.349 e. The molecule has 0 saturated heterocycles. The molecule has 1 heterocycles. The van der Waals surface area contributed by atoms with Crippen LogP contribution in [0.1, 0.15) is 10.5 Å². The highest BCUT2D eigenvalue weighted by Crippen LogP contribution is 2.37. The van der Waals surface area contributed by atoms with Gasteiger partial charge in [0, 0.05) is 47.2 Å². The van der Waals surface area contributed by atoms with E-state index < -0.39 is 0 Å². The molecule has 3 rings (SSSR count). The molecule has 6 heteroatoms. The van der Waals surface area contributed by atoms with E-state index in [4.69, 9.17) is 11.6 Å². The fraction of sp³-hybridized carbons (Fsp3) is 0.250. The van der Waals surface area contributed by atoms with E-state index in [1.54, 1.807) is 41.9 Å². The Morgan fingerprint density at radius 2 is 1.96 bits per heavy atom. The van der Waals surface area contributed by atoms with Gasteiger partial charge in [-0.15, -0.1) is 0 Å². The maximum absolute atomic E-state index is 14.5. The SMILES string of the molecule is CN(C)CCNC(=O)c1c(-c2ccccc2F)c2cc(Cl)ccc2n1C. The minimum atomic E-state index is -0.373. The number of aromatic nitrogens is 1. The van der Waals surface area contributed by atoms with Crippen molar-refractivity contribution >= 4 is 28.4 Å². The molecule has 0 unspecified atom stereocenters. The van der Waals surface area contributed by atoms with Gasteiger partial charge in [0.2, 0.25) is 0 Å². The minimum Gasteiger partial charge on any atom is -0.349 e. The van der Waals surface area contributed by atoms with Crippen LogP contribution in [0.2, 0.25) is 5.02 Å². The van der Waals surface area contributed by atoms with Crippen molar-refractivity contribution in [3.63, 3.8) is 0 Å². The third-order valence-electron chi connectivity index (χ3n) is 4.36. The number of benzene rings is 2. The van der Waals surface area contributed by atoms with Gasteiger partial charge >= 0.3 is 0 Å². The summed E-state index contributed by atoms with van der Waals surface area (Å²) in [5.41, 5.74) is 2.19. The van der Waals surface area contributed by atoms with Crippen LogP contribution in [0.3, 0.4) is 0 Å². The average Bonchev–Trinajstić information content (AvgIpc) is 2.87. The predicted octanol–water partition coefficient (Wildman–Crippen LogP) is 3.93. The molecule has 0 radical (unpaired) electrons. The molecule has 0 aliphatic carbocycles. The van der Waals surface area contributed by atoms with Gasteiger partial charge in [0.15, 0.2) is 0 Å². The fourth-order valence-corrected chi connectivity index (χ4v) is 3.27. The first kappa shape index (κ1) is 18.4. The number of amides is 1. The second-order valence-electron chi connectivity index (χ2n) is 6.48. The molecule has 0 bridgehead atoms. The van der Waals surface area contributed by atoms with Crippen molar-refractivity contribution in [1.29, 1.82) is 0 Å². The monoisotopic (exact) mass is 373 g/mol. The number of halogens is 2. The lowest BCUT2D eigenvalue weighted by Gasteiger charge is -2.12. The molecule has 0 aliphatic rings. The third-order valence-corrected chi connectivity index (χ3v) is 4.60. The molecule has 1 amide bonds. The van der Waals surface area contributed by atoms with Crippen LogP contribution in [-0.2, 0) is 7.05 Å². The number of hydrogen-bond donors (Lipinski definition) is 1. The highest BCUT2D eigenvalue weighted by atomic mass is 35.5. The first-order chi connectivity index (χ1) is 12.4. The number of fused-ring (bicyclic) bond motifs is 1. The van der Waals surface area contributed by atoms with Crippen LogP contribution in [0.4, 0.5) is 4.39 Å². The van der Waals surface area contributed by atoms with Crippen molar-refractivity contribution in [3.8, 4) is 11.1 Å². The van der Waals surface area contributed by atoms with E-state index in [2.05, 4.69) is 5.32 Å². The summed E-state index contributed by atoms with van der Waals surface area (Å²) >= 11 is 6.17. The number of likely N-dealkylation sites (N-methyl/N-ethyl adjacent to an activating group) is 1. The lowest BCUT2D eigenvalue weighted by atomic mass is 10.0. The van der Waals surface area contributed by atoms with E-state index in [0.29, 0.717) is 28.4 Å². The molecule has 0 atom stereocenters. The van der Waals surface area contributed by atoms with Gasteiger partial charge in [-0.05, 0) is 38.4 Å². The Labute approximate surface area is 157 Å². The van der Waals surface area contributed by atoms with Crippen LogP contribution >= 0.6 is 11.6 Å². The summed E-state index contributed by atoms with van der Waals surface area (Å²) in [6.07, 6.45) is 0. The van der Waals surface area contributed by atoms with Crippen LogP contribution in [0.25, 0.3) is 22.0 Å². The van der Waals surface area contributed by atoms with Gasteiger partial charge in [-0.25, -0.2) is 4.39 Å². The average molecular weight is 374 g/mol. The van der Waals surface area contributed by atoms with E-state index in [-0.39, 0.29) is 11.7 Å². The maximum atomic E-state index is 14.5. The van der Waals surface area contributed by atoms with Crippen molar-refractivity contribution < 1.29 is 9.18 Å². The quantitative estimate of drug-likeness (QED) is 0.735. The normalized spacial score (nSPS) is 11.3. The number of aryl methyl sites for hydroxylation is 1. The Morgan fingerprint density at radius 3 is 2.65 bits per heavy atom. The maximum Gasteiger partial charge on any atom is 0.268 e. The van der Waals surface area contributed by atoms with Gasteiger partial charge in [-0.3, -0.25) is 4.79 Å². The molecule has 0 spiro atoms. The van der Waals surface area contributed by atoms with E-state index in [1.807, 2.05) is 25.1 Å². The topological polar surface area (TPSA) is 37.3 Å². The molecular weight excluding hydrogens is 353 g/mol. The van der Waals surface area contributed by atoms with E-state index in [9.17, 15) is 9.18 Å². The number of nitrogens with zero attached hydrogens (tertiary/aromatic N) is 2. The van der Waals surface area contributed by atoms with Crippen molar-refractivity contribution in [3.05, 3.63) is 59.0 Å². The summed E-state index contributed by atoms with van der Waals surface area (Å²) < 4.78 is 16.3. The molecule has 3 aromatic rings. The molecule has 0 saturated carbocycles. The third kappa shape index (κ3) is 3.45. The van der Waals surface area contributed by atoms with E-state index >= 15 is 0 Å². The number of carbonyl (C=O) groups excluding carboxylic acids is 1. The van der Waals surface area contributed by atoms with Gasteiger partial charge in [-0.1, -0.05) is 29.8 Å². The lowest BCUT2D eigenvalue weighted by molar-refractivity contribution is 0.0944. The molecular formula is C20H21ClFN3O. The summed E-state index contributed by atoms with van der Waals surface area (Å²) in [6, 6.07) is 11.9. The van der Waals surface area contributed by atoms with Crippen LogP contribution in [0.15, 0.2) is 42.5 Å². The number of hydrogen-bond acceptors (Lipinski definition) is 2. The summed E-state index contributed by atoms with van der Waals surface area (Å²) in [5, 5.41) is 4.21. The second-order valence-corrected chi connectivity index (χ2v) is 6.92. The summed E-state index contributed by atoms with van der Waals surface area (Å²) in [5.74, 6) is -0.609. The summed E-state index contributed by atoms with van der Waals surface area (Å²) in [4.78, 5) is 14.9. The minimum absolute atomic E-state index is 0.236. The Bertz CT molecular complexity index is 965. The number of carbonyl (C=O) groups is 1. The fourth-order valence-electron chi connectivity index (χ4n) is 3.10. The smallest absolute Gasteiger partial charge is 0.268 e. The van der Waals surface area contributed by atoms with Crippen molar-refractivity contribution in [2.75, 3.05) is 27.2 Å². The zero-order valence-electron chi connectivity index (χ0n) is 15.0. The molecule has 0 fully saturated rings. The highest BCUT2D eigenvalue weighted by molar-refractivity contribution is 6.31. The number of rotatable bonds is 5. The van der Waals surface area contributed by atoms with Crippen LogP contribution in [0.5, 0.6) is 0 Å².